The van der Waals surface area contributed by atoms with Gasteiger partial charge in [-0.05, 0) is 32.6 Å². The molecule has 0 saturated carbocycles. The maximum atomic E-state index is 11.4. The number of carbonyl (C=O) groups excluding carboxylic acids is 1. The summed E-state index contributed by atoms with van der Waals surface area (Å²) in [5.41, 5.74) is -0.0776. The molecule has 1 saturated heterocycles. The number of hydrogen-bond acceptors (Lipinski definition) is 2. The minimum atomic E-state index is -0.198. The van der Waals surface area contributed by atoms with Crippen LogP contribution < -0.4 is 0 Å². The summed E-state index contributed by atoms with van der Waals surface area (Å²) in [4.78, 5) is 13.1. The van der Waals surface area contributed by atoms with Gasteiger partial charge in [-0.1, -0.05) is 20.8 Å². The van der Waals surface area contributed by atoms with Gasteiger partial charge in [0.1, 0.15) is 0 Å². The van der Waals surface area contributed by atoms with Crippen molar-refractivity contribution in [1.82, 2.24) is 4.90 Å². The van der Waals surface area contributed by atoms with Crippen molar-refractivity contribution in [3.8, 4) is 0 Å². The van der Waals surface area contributed by atoms with Gasteiger partial charge in [0, 0.05) is 12.6 Å². The molecular weight excluding hydrogens is 190 g/mol. The molecule has 1 aliphatic rings. The molecule has 0 aromatic heterocycles. The second-order valence-corrected chi connectivity index (χ2v) is 4.59. The molecule has 0 aromatic carbocycles. The molecule has 0 radical (unpaired) electrons. The van der Waals surface area contributed by atoms with Crippen LogP contribution in [0.4, 0.5) is 4.79 Å². The predicted octanol–water partition coefficient (Wildman–Crippen LogP) is 3.29. The zero-order valence-corrected chi connectivity index (χ0v) is 11.0. The molecule has 1 fully saturated rings. The number of amides is 1. The zero-order chi connectivity index (χ0) is 12.1. The maximum absolute atomic E-state index is 11.4. The van der Waals surface area contributed by atoms with Gasteiger partial charge in [-0.2, -0.15) is 0 Å². The summed E-state index contributed by atoms with van der Waals surface area (Å²) in [6, 6.07) is 0. The number of nitrogens with zero attached hydrogens (tertiary/aromatic N) is 1. The SMILES string of the molecule is CC.CC1CCC(C)(C)N(C)C(=O)OC1. The highest BCUT2D eigenvalue weighted by molar-refractivity contribution is 5.68. The first kappa shape index (κ1) is 14.3. The van der Waals surface area contributed by atoms with Crippen molar-refractivity contribution in [3.05, 3.63) is 0 Å². The molecule has 1 amide bonds. The maximum Gasteiger partial charge on any atom is 0.409 e. The van der Waals surface area contributed by atoms with Gasteiger partial charge in [-0.25, -0.2) is 4.79 Å². The predicted molar refractivity (Wildman–Crippen MR) is 62.9 cm³/mol. The standard InChI is InChI=1S/C10H19NO2.C2H6/c1-8-5-6-10(2,3)11(4)9(12)13-7-8;1-2/h8H,5-7H2,1-4H3;1-2H3. The second-order valence-electron chi connectivity index (χ2n) is 4.59. The van der Waals surface area contributed by atoms with E-state index in [9.17, 15) is 4.79 Å². The lowest BCUT2D eigenvalue weighted by Crippen LogP contribution is -2.47. The van der Waals surface area contributed by atoms with Gasteiger partial charge in [0.05, 0.1) is 6.61 Å². The third-order valence-electron chi connectivity index (χ3n) is 2.92. The lowest BCUT2D eigenvalue weighted by Gasteiger charge is -2.37. The molecule has 0 bridgehead atoms. The molecule has 1 aliphatic heterocycles. The van der Waals surface area contributed by atoms with Gasteiger partial charge in [0.2, 0.25) is 0 Å². The van der Waals surface area contributed by atoms with Crippen molar-refractivity contribution in [2.45, 2.75) is 53.0 Å². The van der Waals surface area contributed by atoms with E-state index in [-0.39, 0.29) is 11.6 Å². The third-order valence-corrected chi connectivity index (χ3v) is 2.92. The minimum Gasteiger partial charge on any atom is -0.449 e. The van der Waals surface area contributed by atoms with Crippen LogP contribution in [0.15, 0.2) is 0 Å². The Labute approximate surface area is 93.8 Å². The number of hydrogen-bond donors (Lipinski definition) is 0. The van der Waals surface area contributed by atoms with Gasteiger partial charge in [0.15, 0.2) is 0 Å². The van der Waals surface area contributed by atoms with E-state index in [1.54, 1.807) is 11.9 Å². The molecule has 1 heterocycles. The van der Waals surface area contributed by atoms with E-state index in [1.165, 1.54) is 0 Å². The van der Waals surface area contributed by atoms with Crippen molar-refractivity contribution >= 4 is 6.09 Å². The Morgan fingerprint density at radius 2 is 1.93 bits per heavy atom. The first-order valence-electron chi connectivity index (χ1n) is 5.84. The van der Waals surface area contributed by atoms with Crippen molar-refractivity contribution in [1.29, 1.82) is 0 Å². The number of ether oxygens (including phenoxy) is 1. The highest BCUT2D eigenvalue weighted by Gasteiger charge is 2.31. The fourth-order valence-electron chi connectivity index (χ4n) is 1.41. The molecule has 1 atom stereocenters. The van der Waals surface area contributed by atoms with Crippen LogP contribution in [0.25, 0.3) is 0 Å². The van der Waals surface area contributed by atoms with Crippen molar-refractivity contribution in [2.24, 2.45) is 5.92 Å². The largest absolute Gasteiger partial charge is 0.449 e. The van der Waals surface area contributed by atoms with E-state index in [4.69, 9.17) is 4.74 Å². The highest BCUT2D eigenvalue weighted by atomic mass is 16.6. The molecule has 3 nitrogen and oxygen atoms in total. The summed E-state index contributed by atoms with van der Waals surface area (Å²) in [5, 5.41) is 0. The molecule has 90 valence electrons. The van der Waals surface area contributed by atoms with E-state index in [0.717, 1.165) is 12.8 Å². The molecule has 3 heteroatoms. The Bertz CT molecular complexity index is 202. The monoisotopic (exact) mass is 215 g/mol. The molecular formula is C12H25NO2. The van der Waals surface area contributed by atoms with Crippen LogP contribution in [0.5, 0.6) is 0 Å². The van der Waals surface area contributed by atoms with E-state index >= 15 is 0 Å². The fourth-order valence-corrected chi connectivity index (χ4v) is 1.41. The van der Waals surface area contributed by atoms with Gasteiger partial charge in [-0.15, -0.1) is 0 Å². The Kier molecular flexibility index (Phi) is 5.69. The molecule has 0 spiro atoms. The summed E-state index contributed by atoms with van der Waals surface area (Å²) in [7, 11) is 1.80. The van der Waals surface area contributed by atoms with Crippen LogP contribution in [0.1, 0.15) is 47.5 Å². The highest BCUT2D eigenvalue weighted by Crippen LogP contribution is 2.25. The van der Waals surface area contributed by atoms with Gasteiger partial charge < -0.3 is 9.64 Å². The number of cyclic esters (lactones) is 1. The van der Waals surface area contributed by atoms with Gasteiger partial charge in [-0.3, -0.25) is 0 Å². The summed E-state index contributed by atoms with van der Waals surface area (Å²) in [5.74, 6) is 0.483. The molecule has 1 rings (SSSR count). The van der Waals surface area contributed by atoms with Gasteiger partial charge in [0.25, 0.3) is 0 Å². The Morgan fingerprint density at radius 1 is 1.40 bits per heavy atom. The van der Waals surface area contributed by atoms with Crippen LogP contribution in [-0.4, -0.2) is 30.2 Å². The van der Waals surface area contributed by atoms with E-state index in [1.807, 2.05) is 13.8 Å². The fraction of sp³-hybridized carbons (Fsp3) is 0.917. The van der Waals surface area contributed by atoms with E-state index in [2.05, 4.69) is 20.8 Å². The van der Waals surface area contributed by atoms with E-state index < -0.39 is 0 Å². The molecule has 0 aromatic rings. The van der Waals surface area contributed by atoms with Crippen LogP contribution in [-0.2, 0) is 4.74 Å². The zero-order valence-electron chi connectivity index (χ0n) is 11.0. The Balaban J connectivity index is 0.000000921. The van der Waals surface area contributed by atoms with Crippen molar-refractivity contribution in [2.75, 3.05) is 13.7 Å². The van der Waals surface area contributed by atoms with E-state index in [0.29, 0.717) is 12.5 Å². The van der Waals surface area contributed by atoms with Crippen molar-refractivity contribution < 1.29 is 9.53 Å². The molecule has 15 heavy (non-hydrogen) atoms. The smallest absolute Gasteiger partial charge is 0.409 e. The van der Waals surface area contributed by atoms with Crippen LogP contribution in [0.2, 0.25) is 0 Å². The lowest BCUT2D eigenvalue weighted by molar-refractivity contribution is 0.0426. The second kappa shape index (κ2) is 5.99. The summed E-state index contributed by atoms with van der Waals surface area (Å²) in [6.07, 6.45) is 1.96. The van der Waals surface area contributed by atoms with Crippen LogP contribution in [0.3, 0.4) is 0 Å². The average Bonchev–Trinajstić information content (AvgIpc) is 2.24. The molecule has 0 N–H and O–H groups in total. The first-order valence-corrected chi connectivity index (χ1v) is 5.84. The Morgan fingerprint density at radius 3 is 2.47 bits per heavy atom. The summed E-state index contributed by atoms with van der Waals surface area (Å²) >= 11 is 0. The lowest BCUT2D eigenvalue weighted by atomic mass is 9.92. The van der Waals surface area contributed by atoms with Crippen LogP contribution >= 0.6 is 0 Å². The average molecular weight is 215 g/mol. The number of carbonyl (C=O) groups is 1. The third kappa shape index (κ3) is 4.10. The van der Waals surface area contributed by atoms with Crippen LogP contribution in [0, 0.1) is 5.92 Å². The quantitative estimate of drug-likeness (QED) is 0.620. The number of rotatable bonds is 0. The Hall–Kier alpha value is -0.730. The first-order chi connectivity index (χ1) is 6.93. The van der Waals surface area contributed by atoms with Gasteiger partial charge >= 0.3 is 6.09 Å². The molecule has 1 unspecified atom stereocenters. The minimum absolute atomic E-state index is 0.0776. The summed E-state index contributed by atoms with van der Waals surface area (Å²) < 4.78 is 5.13. The summed E-state index contributed by atoms with van der Waals surface area (Å²) in [6.45, 7) is 10.8. The topological polar surface area (TPSA) is 29.5 Å². The molecule has 0 aliphatic carbocycles. The van der Waals surface area contributed by atoms with Crippen molar-refractivity contribution in [3.63, 3.8) is 0 Å². The normalized spacial score (nSPS) is 25.6.